The number of hydrogen-bond acceptors (Lipinski definition) is 5. The fourth-order valence-electron chi connectivity index (χ4n) is 1.91. The minimum absolute atomic E-state index is 0.419. The van der Waals surface area contributed by atoms with Gasteiger partial charge in [0.2, 0.25) is 0 Å². The first-order valence-electron chi connectivity index (χ1n) is 5.67. The van der Waals surface area contributed by atoms with Gasteiger partial charge in [0.25, 0.3) is 0 Å². The van der Waals surface area contributed by atoms with Gasteiger partial charge in [0, 0.05) is 0 Å². The lowest BCUT2D eigenvalue weighted by atomic mass is 10.2. The highest BCUT2D eigenvalue weighted by molar-refractivity contribution is 5.86. The summed E-state index contributed by atoms with van der Waals surface area (Å²) in [5.41, 5.74) is 7.94. The van der Waals surface area contributed by atoms with Crippen LogP contribution in [0.1, 0.15) is 11.4 Å². The Labute approximate surface area is 109 Å². The predicted molar refractivity (Wildman–Crippen MR) is 70.5 cm³/mol. The van der Waals surface area contributed by atoms with E-state index < -0.39 is 0 Å². The van der Waals surface area contributed by atoms with Crippen molar-refractivity contribution >= 4 is 16.9 Å². The summed E-state index contributed by atoms with van der Waals surface area (Å²) >= 11 is 0. The fraction of sp³-hybridized carbons (Fsp3) is 0.0769. The molecule has 0 bridgehead atoms. The molecule has 3 aromatic rings. The first-order valence-corrected chi connectivity index (χ1v) is 5.67. The van der Waals surface area contributed by atoms with Crippen LogP contribution >= 0.6 is 0 Å². The van der Waals surface area contributed by atoms with Gasteiger partial charge in [0.05, 0.1) is 28.9 Å². The molecule has 0 aliphatic carbocycles. The highest BCUT2D eigenvalue weighted by Crippen LogP contribution is 2.20. The second-order valence-corrected chi connectivity index (χ2v) is 4.11. The third-order valence-corrected chi connectivity index (χ3v) is 2.81. The summed E-state index contributed by atoms with van der Waals surface area (Å²) in [6.45, 7) is 1.78. The van der Waals surface area contributed by atoms with E-state index in [0.29, 0.717) is 22.9 Å². The molecular weight excluding hydrogens is 240 g/mol. The Hall–Kier alpha value is -2.94. The predicted octanol–water partition coefficient (Wildman–Crippen LogP) is 1.58. The number of hydrogen-bond donors (Lipinski definition) is 1. The van der Waals surface area contributed by atoms with Gasteiger partial charge in [-0.05, 0) is 31.2 Å². The zero-order valence-corrected chi connectivity index (χ0v) is 10.2. The molecule has 2 N–H and O–H groups in total. The molecule has 0 fully saturated rings. The lowest BCUT2D eigenvalue weighted by Crippen LogP contribution is -2.01. The highest BCUT2D eigenvalue weighted by atomic mass is 15.3. The Morgan fingerprint density at radius 1 is 1.21 bits per heavy atom. The Balaban J connectivity index is 2.22. The topological polar surface area (TPSA) is 93.4 Å². The van der Waals surface area contributed by atoms with E-state index in [9.17, 15) is 0 Å². The fourth-order valence-corrected chi connectivity index (χ4v) is 1.91. The SMILES string of the molecule is Cc1nc(N)c2cnn(-c3ccc(C#N)cc3)c2n1. The Morgan fingerprint density at radius 2 is 1.95 bits per heavy atom. The van der Waals surface area contributed by atoms with Crippen molar-refractivity contribution < 1.29 is 0 Å². The van der Waals surface area contributed by atoms with Crippen molar-refractivity contribution in [3.05, 3.63) is 41.9 Å². The molecule has 6 heteroatoms. The van der Waals surface area contributed by atoms with Gasteiger partial charge in [0.15, 0.2) is 5.65 Å². The number of aryl methyl sites for hydroxylation is 1. The largest absolute Gasteiger partial charge is 0.383 e. The van der Waals surface area contributed by atoms with Crippen molar-refractivity contribution in [3.8, 4) is 11.8 Å². The van der Waals surface area contributed by atoms with E-state index >= 15 is 0 Å². The summed E-state index contributed by atoms with van der Waals surface area (Å²) in [7, 11) is 0. The molecule has 0 radical (unpaired) electrons. The van der Waals surface area contributed by atoms with Crippen LogP contribution in [0, 0.1) is 18.3 Å². The van der Waals surface area contributed by atoms with Crippen LogP contribution in [0.25, 0.3) is 16.7 Å². The van der Waals surface area contributed by atoms with Crippen LogP contribution in [0.4, 0.5) is 5.82 Å². The Bertz CT molecular complexity index is 794. The number of nitrogens with two attached hydrogens (primary N) is 1. The first kappa shape index (κ1) is 11.2. The van der Waals surface area contributed by atoms with E-state index in [1.165, 1.54) is 0 Å². The maximum absolute atomic E-state index is 8.79. The van der Waals surface area contributed by atoms with Gasteiger partial charge >= 0.3 is 0 Å². The van der Waals surface area contributed by atoms with Crippen LogP contribution in [0.3, 0.4) is 0 Å². The van der Waals surface area contributed by atoms with Crippen molar-refractivity contribution in [1.29, 1.82) is 5.26 Å². The average molecular weight is 250 g/mol. The van der Waals surface area contributed by atoms with Gasteiger partial charge < -0.3 is 5.73 Å². The number of nitrogen functional groups attached to an aromatic ring is 1. The molecule has 0 unspecified atom stereocenters. The number of fused-ring (bicyclic) bond motifs is 1. The third kappa shape index (κ3) is 1.77. The molecule has 0 amide bonds. The van der Waals surface area contributed by atoms with Gasteiger partial charge in [-0.1, -0.05) is 0 Å². The molecular formula is C13H10N6. The third-order valence-electron chi connectivity index (χ3n) is 2.81. The first-order chi connectivity index (χ1) is 9.19. The van der Waals surface area contributed by atoms with E-state index in [4.69, 9.17) is 11.0 Å². The van der Waals surface area contributed by atoms with E-state index in [-0.39, 0.29) is 0 Å². The number of nitriles is 1. The minimum Gasteiger partial charge on any atom is -0.383 e. The maximum Gasteiger partial charge on any atom is 0.168 e. The normalized spacial score (nSPS) is 10.5. The number of rotatable bonds is 1. The molecule has 2 heterocycles. The molecule has 2 aromatic heterocycles. The van der Waals surface area contributed by atoms with Crippen molar-refractivity contribution in [1.82, 2.24) is 19.7 Å². The molecule has 0 saturated heterocycles. The molecule has 3 rings (SSSR count). The Morgan fingerprint density at radius 3 is 2.63 bits per heavy atom. The second-order valence-electron chi connectivity index (χ2n) is 4.11. The van der Waals surface area contributed by atoms with E-state index in [1.807, 2.05) is 12.1 Å². The Kier molecular flexibility index (Phi) is 2.39. The molecule has 19 heavy (non-hydrogen) atoms. The molecule has 92 valence electrons. The van der Waals surface area contributed by atoms with Crippen LogP contribution in [0.15, 0.2) is 30.5 Å². The summed E-state index contributed by atoms with van der Waals surface area (Å²) in [5, 5.41) is 13.8. The van der Waals surface area contributed by atoms with Crippen LogP contribution in [0.5, 0.6) is 0 Å². The van der Waals surface area contributed by atoms with Crippen LogP contribution in [0.2, 0.25) is 0 Å². The van der Waals surface area contributed by atoms with Gasteiger partial charge in [-0.15, -0.1) is 0 Å². The van der Waals surface area contributed by atoms with E-state index in [2.05, 4.69) is 21.1 Å². The maximum atomic E-state index is 8.79. The molecule has 6 nitrogen and oxygen atoms in total. The van der Waals surface area contributed by atoms with Gasteiger partial charge in [-0.25, -0.2) is 14.6 Å². The standard InChI is InChI=1S/C13H10N6/c1-8-17-12(15)11-7-16-19(13(11)18-8)10-4-2-9(6-14)3-5-10/h2-5,7H,1H3,(H2,15,17,18). The van der Waals surface area contributed by atoms with Crippen molar-refractivity contribution in [3.63, 3.8) is 0 Å². The summed E-state index contributed by atoms with van der Waals surface area (Å²) in [6.07, 6.45) is 1.64. The number of aromatic nitrogens is 4. The van der Waals surface area contributed by atoms with Crippen LogP contribution in [-0.4, -0.2) is 19.7 Å². The lowest BCUT2D eigenvalue weighted by molar-refractivity contribution is 0.890. The van der Waals surface area contributed by atoms with E-state index in [0.717, 1.165) is 11.1 Å². The van der Waals surface area contributed by atoms with Crippen molar-refractivity contribution in [2.24, 2.45) is 0 Å². The summed E-state index contributed by atoms with van der Waals surface area (Å²) < 4.78 is 1.68. The molecule has 0 spiro atoms. The van der Waals surface area contributed by atoms with Gasteiger partial charge in [0.1, 0.15) is 11.6 Å². The van der Waals surface area contributed by atoms with Gasteiger partial charge in [-0.3, -0.25) is 0 Å². The summed E-state index contributed by atoms with van der Waals surface area (Å²) in [5.74, 6) is 1.02. The summed E-state index contributed by atoms with van der Waals surface area (Å²) in [4.78, 5) is 8.47. The smallest absolute Gasteiger partial charge is 0.168 e. The zero-order valence-electron chi connectivity index (χ0n) is 10.2. The average Bonchev–Trinajstić information content (AvgIpc) is 2.83. The monoisotopic (exact) mass is 250 g/mol. The molecule has 0 aliphatic rings. The number of anilines is 1. The zero-order chi connectivity index (χ0) is 13.4. The van der Waals surface area contributed by atoms with E-state index in [1.54, 1.807) is 29.9 Å². The number of benzene rings is 1. The lowest BCUT2D eigenvalue weighted by Gasteiger charge is -2.03. The molecule has 1 aromatic carbocycles. The van der Waals surface area contributed by atoms with Crippen LogP contribution in [-0.2, 0) is 0 Å². The quantitative estimate of drug-likeness (QED) is 0.707. The van der Waals surface area contributed by atoms with Crippen molar-refractivity contribution in [2.75, 3.05) is 5.73 Å². The van der Waals surface area contributed by atoms with Crippen LogP contribution < -0.4 is 5.73 Å². The van der Waals surface area contributed by atoms with Gasteiger partial charge in [-0.2, -0.15) is 10.4 Å². The summed E-state index contributed by atoms with van der Waals surface area (Å²) in [6, 6.07) is 9.19. The molecule has 0 atom stereocenters. The molecule has 0 aliphatic heterocycles. The molecule has 0 saturated carbocycles. The highest BCUT2D eigenvalue weighted by Gasteiger charge is 2.10. The minimum atomic E-state index is 0.419. The number of nitrogens with zero attached hydrogens (tertiary/aromatic N) is 5. The second kappa shape index (κ2) is 4.07. The van der Waals surface area contributed by atoms with Crippen molar-refractivity contribution in [2.45, 2.75) is 6.92 Å².